The zero-order valence-corrected chi connectivity index (χ0v) is 14.9. The van der Waals surface area contributed by atoms with Gasteiger partial charge in [-0.15, -0.1) is 0 Å². The van der Waals surface area contributed by atoms with Gasteiger partial charge in [0.25, 0.3) is 0 Å². The van der Waals surface area contributed by atoms with Gasteiger partial charge in [0.1, 0.15) is 10.7 Å². The molecular weight excluding hydrogens is 365 g/mol. The predicted molar refractivity (Wildman–Crippen MR) is 91.3 cm³/mol. The number of carboxylic acids is 1. The third-order valence-corrected chi connectivity index (χ3v) is 5.12. The molecule has 0 aromatic heterocycles. The van der Waals surface area contributed by atoms with Crippen LogP contribution >= 0.6 is 0 Å². The summed E-state index contributed by atoms with van der Waals surface area (Å²) in [6.45, 7) is 0. The molecule has 2 rings (SSSR count). The van der Waals surface area contributed by atoms with Gasteiger partial charge in [-0.05, 0) is 29.8 Å². The Labute approximate surface area is 150 Å². The first-order valence-electron chi connectivity index (χ1n) is 7.49. The summed E-state index contributed by atoms with van der Waals surface area (Å²) >= 11 is 0. The van der Waals surface area contributed by atoms with Crippen molar-refractivity contribution >= 4 is 16.0 Å². The molecule has 0 amide bonds. The van der Waals surface area contributed by atoms with Crippen molar-refractivity contribution < 1.29 is 32.2 Å². The highest BCUT2D eigenvalue weighted by Crippen LogP contribution is 2.31. The minimum atomic E-state index is -4.28. The van der Waals surface area contributed by atoms with E-state index in [4.69, 9.17) is 14.6 Å². The number of carbonyl (C=O) groups is 1. The highest BCUT2D eigenvalue weighted by atomic mass is 32.2. The maximum absolute atomic E-state index is 13.8. The van der Waals surface area contributed by atoms with Gasteiger partial charge in [-0.25, -0.2) is 17.5 Å². The summed E-state index contributed by atoms with van der Waals surface area (Å²) in [6.07, 6.45) is -0.539. The lowest BCUT2D eigenvalue weighted by Crippen LogP contribution is -2.31. The van der Waals surface area contributed by atoms with Gasteiger partial charge in [-0.3, -0.25) is 4.79 Å². The van der Waals surface area contributed by atoms with Crippen LogP contribution in [-0.2, 0) is 14.8 Å². The highest BCUT2D eigenvalue weighted by Gasteiger charge is 2.26. The molecule has 0 aliphatic heterocycles. The Bertz CT molecular complexity index is 900. The molecule has 0 fully saturated rings. The van der Waals surface area contributed by atoms with Gasteiger partial charge < -0.3 is 14.6 Å². The van der Waals surface area contributed by atoms with Crippen molar-refractivity contribution in [3.8, 4) is 11.5 Å². The van der Waals surface area contributed by atoms with Crippen molar-refractivity contribution in [1.82, 2.24) is 4.72 Å². The average molecular weight is 383 g/mol. The first-order chi connectivity index (χ1) is 12.3. The van der Waals surface area contributed by atoms with Gasteiger partial charge in [-0.1, -0.05) is 18.2 Å². The molecule has 0 radical (unpaired) electrons. The molecule has 0 unspecified atom stereocenters. The quantitative estimate of drug-likeness (QED) is 0.725. The number of rotatable bonds is 8. The van der Waals surface area contributed by atoms with Crippen molar-refractivity contribution in [2.45, 2.75) is 17.4 Å². The Morgan fingerprint density at radius 1 is 1.15 bits per heavy atom. The number of methoxy groups -OCH3 is 2. The predicted octanol–water partition coefficient (Wildman–Crippen LogP) is 2.34. The van der Waals surface area contributed by atoms with Crippen molar-refractivity contribution in [3.05, 3.63) is 53.8 Å². The molecule has 0 saturated heterocycles. The van der Waals surface area contributed by atoms with E-state index in [9.17, 15) is 17.6 Å². The number of carboxylic acid groups (broad SMARTS) is 1. The topological polar surface area (TPSA) is 102 Å². The summed E-state index contributed by atoms with van der Waals surface area (Å²) in [6, 6.07) is 8.23. The van der Waals surface area contributed by atoms with Crippen molar-refractivity contribution in [2.24, 2.45) is 0 Å². The van der Waals surface area contributed by atoms with Gasteiger partial charge in [0.15, 0.2) is 11.5 Å². The fraction of sp³-hybridized carbons (Fsp3) is 0.235. The minimum Gasteiger partial charge on any atom is -0.493 e. The van der Waals surface area contributed by atoms with E-state index in [1.807, 2.05) is 0 Å². The molecule has 0 aliphatic carbocycles. The number of aliphatic carboxylic acids is 1. The maximum Gasteiger partial charge on any atom is 0.305 e. The summed E-state index contributed by atoms with van der Waals surface area (Å²) in [4.78, 5) is 10.6. The van der Waals surface area contributed by atoms with E-state index in [0.717, 1.165) is 12.1 Å². The monoisotopic (exact) mass is 383 g/mol. The lowest BCUT2D eigenvalue weighted by molar-refractivity contribution is -0.137. The second kappa shape index (κ2) is 8.15. The molecule has 1 atom stereocenters. The molecule has 0 saturated carbocycles. The van der Waals surface area contributed by atoms with E-state index < -0.39 is 39.2 Å². The fourth-order valence-corrected chi connectivity index (χ4v) is 3.69. The van der Waals surface area contributed by atoms with Crippen LogP contribution in [0.25, 0.3) is 0 Å². The second-order valence-corrected chi connectivity index (χ2v) is 7.00. The fourth-order valence-electron chi connectivity index (χ4n) is 2.39. The second-order valence-electron chi connectivity index (χ2n) is 5.32. The van der Waals surface area contributed by atoms with Gasteiger partial charge in [0.2, 0.25) is 10.0 Å². The van der Waals surface area contributed by atoms with Crippen LogP contribution in [0.1, 0.15) is 18.0 Å². The molecule has 7 nitrogen and oxygen atoms in total. The minimum absolute atomic E-state index is 0.311. The van der Waals surface area contributed by atoms with E-state index in [-0.39, 0.29) is 0 Å². The van der Waals surface area contributed by atoms with Gasteiger partial charge >= 0.3 is 5.97 Å². The molecule has 2 aromatic rings. The molecule has 0 heterocycles. The lowest BCUT2D eigenvalue weighted by atomic mass is 10.0. The van der Waals surface area contributed by atoms with Crippen LogP contribution in [0.3, 0.4) is 0 Å². The number of halogens is 1. The van der Waals surface area contributed by atoms with E-state index >= 15 is 0 Å². The first kappa shape index (κ1) is 19.7. The molecule has 9 heteroatoms. The largest absolute Gasteiger partial charge is 0.493 e. The number of hydrogen-bond donors (Lipinski definition) is 2. The standard InChI is InChI=1S/C17H18FNO6S/c1-24-14-8-7-11(9-15(14)25-2)13(10-17(20)21)19-26(22,23)16-6-4-3-5-12(16)18/h3-9,13,19H,10H2,1-2H3,(H,20,21)/t13-/m0/s1. The number of sulfonamides is 1. The summed E-state index contributed by atoms with van der Waals surface area (Å²) in [5.41, 5.74) is 0.338. The Balaban J connectivity index is 2.42. The third kappa shape index (κ3) is 4.50. The van der Waals surface area contributed by atoms with Crippen LogP contribution in [-0.4, -0.2) is 33.7 Å². The molecule has 2 N–H and O–H groups in total. The maximum atomic E-state index is 13.8. The molecule has 140 valence electrons. The summed E-state index contributed by atoms with van der Waals surface area (Å²) in [5, 5.41) is 9.13. The Kier molecular flexibility index (Phi) is 6.17. The SMILES string of the molecule is COc1ccc([C@H](CC(=O)O)NS(=O)(=O)c2ccccc2F)cc1OC. The summed E-state index contributed by atoms with van der Waals surface area (Å²) < 4.78 is 51.3. The van der Waals surface area contributed by atoms with E-state index in [1.54, 1.807) is 0 Å². The Morgan fingerprint density at radius 2 is 1.81 bits per heavy atom. The average Bonchev–Trinajstić information content (AvgIpc) is 2.60. The van der Waals surface area contributed by atoms with Gasteiger partial charge in [-0.2, -0.15) is 0 Å². The van der Waals surface area contributed by atoms with E-state index in [0.29, 0.717) is 17.1 Å². The number of benzene rings is 2. The summed E-state index contributed by atoms with van der Waals surface area (Å²) in [7, 11) is -1.44. The van der Waals surface area contributed by atoms with Crippen LogP contribution in [0, 0.1) is 5.82 Å². The van der Waals surface area contributed by atoms with Crippen LogP contribution < -0.4 is 14.2 Å². The molecule has 0 aliphatic rings. The lowest BCUT2D eigenvalue weighted by Gasteiger charge is -2.19. The van der Waals surface area contributed by atoms with Crippen molar-refractivity contribution in [3.63, 3.8) is 0 Å². The van der Waals surface area contributed by atoms with Crippen LogP contribution in [0.15, 0.2) is 47.4 Å². The normalized spacial score (nSPS) is 12.4. The number of hydrogen-bond acceptors (Lipinski definition) is 5. The molecule has 0 bridgehead atoms. The van der Waals surface area contributed by atoms with E-state index in [1.165, 1.54) is 44.6 Å². The van der Waals surface area contributed by atoms with Crippen molar-refractivity contribution in [1.29, 1.82) is 0 Å². The highest BCUT2D eigenvalue weighted by molar-refractivity contribution is 7.89. The van der Waals surface area contributed by atoms with Crippen LogP contribution in [0.2, 0.25) is 0 Å². The Hall–Kier alpha value is -2.65. The zero-order valence-electron chi connectivity index (χ0n) is 14.1. The third-order valence-electron chi connectivity index (χ3n) is 3.61. The molecular formula is C17H18FNO6S. The first-order valence-corrected chi connectivity index (χ1v) is 8.97. The zero-order chi connectivity index (χ0) is 19.3. The number of ether oxygens (including phenoxy) is 2. The number of nitrogens with one attached hydrogen (secondary N) is 1. The Morgan fingerprint density at radius 3 is 2.38 bits per heavy atom. The smallest absolute Gasteiger partial charge is 0.305 e. The van der Waals surface area contributed by atoms with Gasteiger partial charge in [0.05, 0.1) is 26.7 Å². The molecule has 26 heavy (non-hydrogen) atoms. The van der Waals surface area contributed by atoms with Crippen molar-refractivity contribution in [2.75, 3.05) is 14.2 Å². The van der Waals surface area contributed by atoms with Crippen LogP contribution in [0.5, 0.6) is 11.5 Å². The summed E-state index contributed by atoms with van der Waals surface area (Å²) in [5.74, 6) is -1.44. The van der Waals surface area contributed by atoms with Gasteiger partial charge in [0, 0.05) is 0 Å². The molecule has 0 spiro atoms. The molecule has 2 aromatic carbocycles. The van der Waals surface area contributed by atoms with Crippen LogP contribution in [0.4, 0.5) is 4.39 Å². The van der Waals surface area contributed by atoms with E-state index in [2.05, 4.69) is 4.72 Å².